The molecule has 0 unspecified atom stereocenters. The third kappa shape index (κ3) is 2.87. The Kier molecular flexibility index (Phi) is 3.63. The van der Waals surface area contributed by atoms with Crippen molar-refractivity contribution in [2.45, 2.75) is 13.8 Å². The number of nitrogens with zero attached hydrogens (tertiary/aromatic N) is 1. The molecule has 2 rings (SSSR count). The first kappa shape index (κ1) is 12.6. The quantitative estimate of drug-likeness (QED) is 0.896. The molecule has 0 spiro atoms. The second-order valence-corrected chi connectivity index (χ2v) is 4.53. The lowest BCUT2D eigenvalue weighted by Crippen LogP contribution is -2.12. The van der Waals surface area contributed by atoms with E-state index in [1.165, 1.54) is 0 Å². The number of aromatic nitrogens is 1. The van der Waals surface area contributed by atoms with Gasteiger partial charge in [0, 0.05) is 11.9 Å². The minimum absolute atomic E-state index is 0.215. The molecule has 18 heavy (non-hydrogen) atoms. The number of pyridine rings is 1. The lowest BCUT2D eigenvalue weighted by atomic mass is 10.2. The first-order valence-electron chi connectivity index (χ1n) is 5.56. The number of halogens is 1. The third-order valence-electron chi connectivity index (χ3n) is 2.55. The van der Waals surface area contributed by atoms with Crippen LogP contribution in [0.4, 0.5) is 5.69 Å². The van der Waals surface area contributed by atoms with Gasteiger partial charge in [-0.15, -0.1) is 0 Å². The number of hydrogen-bond donors (Lipinski definition) is 1. The molecule has 0 aliphatic carbocycles. The molecule has 0 fully saturated rings. The van der Waals surface area contributed by atoms with Crippen LogP contribution in [-0.4, -0.2) is 10.9 Å². The Balaban J connectivity index is 2.18. The Morgan fingerprint density at radius 3 is 2.61 bits per heavy atom. The van der Waals surface area contributed by atoms with Crippen LogP contribution in [0.5, 0.6) is 0 Å². The normalized spacial score (nSPS) is 10.2. The monoisotopic (exact) mass is 260 g/mol. The van der Waals surface area contributed by atoms with Gasteiger partial charge in [0.2, 0.25) is 0 Å². The van der Waals surface area contributed by atoms with Gasteiger partial charge in [-0.3, -0.25) is 9.78 Å². The number of carbonyl (C=O) groups is 1. The fourth-order valence-electron chi connectivity index (χ4n) is 1.52. The largest absolute Gasteiger partial charge is 0.321 e. The van der Waals surface area contributed by atoms with Crippen molar-refractivity contribution in [1.82, 2.24) is 4.98 Å². The first-order chi connectivity index (χ1) is 8.56. The number of anilines is 1. The van der Waals surface area contributed by atoms with Crippen molar-refractivity contribution >= 4 is 23.2 Å². The molecule has 0 saturated heterocycles. The van der Waals surface area contributed by atoms with Gasteiger partial charge in [-0.25, -0.2) is 0 Å². The summed E-state index contributed by atoms with van der Waals surface area (Å²) in [5.74, 6) is -0.215. The van der Waals surface area contributed by atoms with E-state index in [2.05, 4.69) is 10.3 Å². The summed E-state index contributed by atoms with van der Waals surface area (Å²) in [5.41, 5.74) is 3.04. The molecule has 0 radical (unpaired) electrons. The van der Waals surface area contributed by atoms with Gasteiger partial charge in [-0.05, 0) is 43.7 Å². The third-order valence-corrected chi connectivity index (χ3v) is 2.86. The molecule has 0 aliphatic rings. The van der Waals surface area contributed by atoms with Crippen LogP contribution in [0.2, 0.25) is 5.02 Å². The first-order valence-corrected chi connectivity index (χ1v) is 5.94. The Labute approximate surface area is 111 Å². The molecule has 0 aliphatic heterocycles. The van der Waals surface area contributed by atoms with Gasteiger partial charge in [0.05, 0.1) is 16.3 Å². The van der Waals surface area contributed by atoms with Gasteiger partial charge in [0.15, 0.2) is 0 Å². The van der Waals surface area contributed by atoms with E-state index in [0.717, 1.165) is 11.3 Å². The second-order valence-electron chi connectivity index (χ2n) is 4.13. The predicted octanol–water partition coefficient (Wildman–Crippen LogP) is 3.60. The van der Waals surface area contributed by atoms with Crippen molar-refractivity contribution in [1.29, 1.82) is 0 Å². The van der Waals surface area contributed by atoms with Crippen LogP contribution in [0.1, 0.15) is 21.6 Å². The van der Waals surface area contributed by atoms with Crippen molar-refractivity contribution in [2.24, 2.45) is 0 Å². The summed E-state index contributed by atoms with van der Waals surface area (Å²) in [7, 11) is 0. The van der Waals surface area contributed by atoms with Gasteiger partial charge in [0.1, 0.15) is 0 Å². The maximum atomic E-state index is 12.0. The highest BCUT2D eigenvalue weighted by Gasteiger charge is 2.08. The number of amides is 1. The molecule has 3 nitrogen and oxygen atoms in total. The number of nitrogens with one attached hydrogen (secondary N) is 1. The van der Waals surface area contributed by atoms with E-state index in [4.69, 9.17) is 11.6 Å². The van der Waals surface area contributed by atoms with Crippen LogP contribution in [0.15, 0.2) is 36.5 Å². The molecule has 1 heterocycles. The minimum atomic E-state index is -0.215. The number of carbonyl (C=O) groups excluding carboxylic acids is 1. The van der Waals surface area contributed by atoms with E-state index in [0.29, 0.717) is 16.3 Å². The number of benzene rings is 1. The highest BCUT2D eigenvalue weighted by atomic mass is 35.5. The molecule has 1 aromatic heterocycles. The smallest absolute Gasteiger partial charge is 0.257 e. The van der Waals surface area contributed by atoms with Gasteiger partial charge < -0.3 is 5.32 Å². The van der Waals surface area contributed by atoms with Crippen molar-refractivity contribution in [2.75, 3.05) is 5.32 Å². The molecule has 0 saturated carbocycles. The van der Waals surface area contributed by atoms with Crippen molar-refractivity contribution in [3.63, 3.8) is 0 Å². The van der Waals surface area contributed by atoms with Crippen molar-refractivity contribution < 1.29 is 4.79 Å². The lowest BCUT2D eigenvalue weighted by Gasteiger charge is -2.07. The summed E-state index contributed by atoms with van der Waals surface area (Å²) in [6.07, 6.45) is 1.55. The van der Waals surface area contributed by atoms with Crippen LogP contribution in [0.3, 0.4) is 0 Å². The predicted molar refractivity (Wildman–Crippen MR) is 73.1 cm³/mol. The Bertz CT molecular complexity index is 579. The van der Waals surface area contributed by atoms with Crippen LogP contribution in [-0.2, 0) is 0 Å². The molecule has 1 amide bonds. The minimum Gasteiger partial charge on any atom is -0.321 e. The van der Waals surface area contributed by atoms with Gasteiger partial charge >= 0.3 is 0 Å². The van der Waals surface area contributed by atoms with E-state index in [9.17, 15) is 4.79 Å². The average molecular weight is 261 g/mol. The molecule has 0 atom stereocenters. The van der Waals surface area contributed by atoms with Crippen molar-refractivity contribution in [3.8, 4) is 0 Å². The molecule has 0 bridgehead atoms. The fourth-order valence-corrected chi connectivity index (χ4v) is 1.80. The maximum Gasteiger partial charge on any atom is 0.257 e. The van der Waals surface area contributed by atoms with Crippen LogP contribution in [0.25, 0.3) is 0 Å². The Morgan fingerprint density at radius 1 is 1.22 bits per heavy atom. The highest BCUT2D eigenvalue weighted by Crippen LogP contribution is 2.23. The van der Waals surface area contributed by atoms with Crippen LogP contribution >= 0.6 is 11.6 Å². The molecular formula is C14H13ClN2O. The van der Waals surface area contributed by atoms with Gasteiger partial charge in [-0.2, -0.15) is 0 Å². The van der Waals surface area contributed by atoms with E-state index >= 15 is 0 Å². The zero-order valence-electron chi connectivity index (χ0n) is 10.2. The highest BCUT2D eigenvalue weighted by molar-refractivity contribution is 6.34. The summed E-state index contributed by atoms with van der Waals surface area (Å²) in [4.78, 5) is 16.0. The summed E-state index contributed by atoms with van der Waals surface area (Å²) < 4.78 is 0. The van der Waals surface area contributed by atoms with Crippen molar-refractivity contribution in [3.05, 3.63) is 58.4 Å². The second kappa shape index (κ2) is 5.19. The van der Waals surface area contributed by atoms with Crippen LogP contribution < -0.4 is 5.32 Å². The van der Waals surface area contributed by atoms with E-state index in [-0.39, 0.29) is 5.91 Å². The maximum absolute atomic E-state index is 12.0. The SMILES string of the molecule is Cc1ccc(NC(=O)c2ccc(C)nc2)c(Cl)c1. The molecule has 4 heteroatoms. The molecule has 1 N–H and O–H groups in total. The molecular weight excluding hydrogens is 248 g/mol. The fraction of sp³-hybridized carbons (Fsp3) is 0.143. The van der Waals surface area contributed by atoms with Gasteiger partial charge in [0.25, 0.3) is 5.91 Å². The summed E-state index contributed by atoms with van der Waals surface area (Å²) >= 11 is 6.06. The number of hydrogen-bond acceptors (Lipinski definition) is 2. The Morgan fingerprint density at radius 2 is 2.00 bits per heavy atom. The Hall–Kier alpha value is -1.87. The molecule has 1 aromatic carbocycles. The zero-order chi connectivity index (χ0) is 13.1. The summed E-state index contributed by atoms with van der Waals surface area (Å²) in [6.45, 7) is 3.82. The summed E-state index contributed by atoms with van der Waals surface area (Å²) in [5, 5.41) is 3.29. The zero-order valence-corrected chi connectivity index (χ0v) is 11.0. The summed E-state index contributed by atoms with van der Waals surface area (Å²) in [6, 6.07) is 9.03. The molecule has 2 aromatic rings. The topological polar surface area (TPSA) is 42.0 Å². The average Bonchev–Trinajstić information content (AvgIpc) is 2.33. The van der Waals surface area contributed by atoms with Crippen LogP contribution in [0, 0.1) is 13.8 Å². The lowest BCUT2D eigenvalue weighted by molar-refractivity contribution is 0.102. The van der Waals surface area contributed by atoms with E-state index in [1.807, 2.05) is 26.0 Å². The standard InChI is InChI=1S/C14H13ClN2O/c1-9-3-6-13(12(15)7-9)17-14(18)11-5-4-10(2)16-8-11/h3-8H,1-2H3,(H,17,18). The van der Waals surface area contributed by atoms with Gasteiger partial charge in [-0.1, -0.05) is 17.7 Å². The van der Waals surface area contributed by atoms with E-state index in [1.54, 1.807) is 24.4 Å². The molecule has 92 valence electrons. The van der Waals surface area contributed by atoms with E-state index < -0.39 is 0 Å². The number of aryl methyl sites for hydroxylation is 2. The number of rotatable bonds is 2.